The Labute approximate surface area is 119 Å². The summed E-state index contributed by atoms with van der Waals surface area (Å²) in [7, 11) is 1.57. The van der Waals surface area contributed by atoms with Crippen molar-refractivity contribution < 1.29 is 24.4 Å². The average molecular weight is 282 g/mol. The maximum Gasteiger partial charge on any atom is 0.161 e. The van der Waals surface area contributed by atoms with Crippen LogP contribution >= 0.6 is 0 Å². The number of rotatable bonds is 10. The lowest BCUT2D eigenvalue weighted by atomic mass is 10.1. The van der Waals surface area contributed by atoms with Gasteiger partial charge in [-0.2, -0.15) is 0 Å². The molecule has 0 bridgehead atoms. The Morgan fingerprint density at radius 2 is 2.10 bits per heavy atom. The van der Waals surface area contributed by atoms with E-state index in [0.717, 1.165) is 12.0 Å². The van der Waals surface area contributed by atoms with Crippen molar-refractivity contribution in [2.24, 2.45) is 0 Å². The van der Waals surface area contributed by atoms with Crippen LogP contribution in [0, 0.1) is 0 Å². The van der Waals surface area contributed by atoms with Gasteiger partial charge in [0.05, 0.1) is 26.9 Å². The van der Waals surface area contributed by atoms with Gasteiger partial charge >= 0.3 is 0 Å². The highest BCUT2D eigenvalue weighted by molar-refractivity contribution is 5.43. The van der Waals surface area contributed by atoms with Crippen molar-refractivity contribution in [3.8, 4) is 11.5 Å². The van der Waals surface area contributed by atoms with E-state index in [9.17, 15) is 5.11 Å². The molecular weight excluding hydrogens is 260 g/mol. The Hall–Kier alpha value is -1.56. The Bertz CT molecular complexity index is 405. The lowest BCUT2D eigenvalue weighted by Crippen LogP contribution is -2.24. The summed E-state index contributed by atoms with van der Waals surface area (Å²) in [6.07, 6.45) is 1.82. The van der Waals surface area contributed by atoms with Crippen LogP contribution in [0.1, 0.15) is 5.56 Å². The van der Waals surface area contributed by atoms with Gasteiger partial charge in [0.2, 0.25) is 0 Å². The fourth-order valence-corrected chi connectivity index (χ4v) is 1.64. The quantitative estimate of drug-likeness (QED) is 0.498. The van der Waals surface area contributed by atoms with Crippen LogP contribution in [0.4, 0.5) is 0 Å². The van der Waals surface area contributed by atoms with E-state index in [2.05, 4.69) is 6.58 Å². The van der Waals surface area contributed by atoms with E-state index in [4.69, 9.17) is 19.3 Å². The third kappa shape index (κ3) is 5.61. The number of aliphatic hydroxyl groups excluding tert-OH is 2. The topological polar surface area (TPSA) is 68.2 Å². The first-order valence-corrected chi connectivity index (χ1v) is 6.48. The molecule has 0 saturated heterocycles. The molecule has 5 heteroatoms. The molecular formula is C15H22O5. The van der Waals surface area contributed by atoms with Crippen LogP contribution in [0.15, 0.2) is 30.9 Å². The zero-order valence-electron chi connectivity index (χ0n) is 11.7. The molecule has 112 valence electrons. The van der Waals surface area contributed by atoms with Gasteiger partial charge in [-0.25, -0.2) is 0 Å². The molecule has 1 rings (SSSR count). The molecule has 1 aromatic carbocycles. The lowest BCUT2D eigenvalue weighted by molar-refractivity contribution is 0.000986. The molecule has 0 aliphatic carbocycles. The molecule has 1 unspecified atom stereocenters. The minimum Gasteiger partial charge on any atom is -0.493 e. The van der Waals surface area contributed by atoms with Crippen molar-refractivity contribution in [3.05, 3.63) is 36.4 Å². The normalized spacial score (nSPS) is 11.9. The van der Waals surface area contributed by atoms with E-state index in [1.165, 1.54) is 0 Å². The number of hydrogen-bond acceptors (Lipinski definition) is 5. The van der Waals surface area contributed by atoms with E-state index in [1.807, 2.05) is 18.2 Å². The summed E-state index contributed by atoms with van der Waals surface area (Å²) >= 11 is 0. The molecule has 0 saturated carbocycles. The van der Waals surface area contributed by atoms with Crippen LogP contribution in [-0.2, 0) is 11.2 Å². The van der Waals surface area contributed by atoms with Crippen LogP contribution in [-0.4, -0.2) is 49.9 Å². The molecule has 0 aromatic heterocycles. The second kappa shape index (κ2) is 9.36. The van der Waals surface area contributed by atoms with Crippen molar-refractivity contribution >= 4 is 0 Å². The van der Waals surface area contributed by atoms with E-state index < -0.39 is 6.10 Å². The Morgan fingerprint density at radius 1 is 1.30 bits per heavy atom. The predicted octanol–water partition coefficient (Wildman–Crippen LogP) is 1.17. The van der Waals surface area contributed by atoms with Crippen molar-refractivity contribution in [1.29, 1.82) is 0 Å². The van der Waals surface area contributed by atoms with Gasteiger partial charge in [-0.05, 0) is 24.1 Å². The molecule has 20 heavy (non-hydrogen) atoms. The summed E-state index contributed by atoms with van der Waals surface area (Å²) in [6.45, 7) is 4.06. The summed E-state index contributed by atoms with van der Waals surface area (Å²) in [6, 6.07) is 5.61. The van der Waals surface area contributed by atoms with E-state index in [1.54, 1.807) is 13.2 Å². The summed E-state index contributed by atoms with van der Waals surface area (Å²) in [4.78, 5) is 0. The van der Waals surface area contributed by atoms with Crippen molar-refractivity contribution in [2.75, 3.05) is 33.5 Å². The summed E-state index contributed by atoms with van der Waals surface area (Å²) in [5, 5.41) is 18.2. The van der Waals surface area contributed by atoms with E-state index in [-0.39, 0.29) is 26.4 Å². The fraction of sp³-hybridized carbons (Fsp3) is 0.467. The highest BCUT2D eigenvalue weighted by Gasteiger charge is 2.09. The number of allylic oxidation sites excluding steroid dienone is 1. The molecule has 1 aromatic rings. The Morgan fingerprint density at radius 3 is 2.75 bits per heavy atom. The monoisotopic (exact) mass is 282 g/mol. The average Bonchev–Trinajstić information content (AvgIpc) is 2.46. The zero-order chi connectivity index (χ0) is 14.8. The molecule has 0 radical (unpaired) electrons. The number of aliphatic hydroxyl groups is 2. The Kier molecular flexibility index (Phi) is 7.72. The minimum atomic E-state index is -0.751. The van der Waals surface area contributed by atoms with Gasteiger partial charge in [0, 0.05) is 0 Å². The van der Waals surface area contributed by atoms with Crippen molar-refractivity contribution in [2.45, 2.75) is 12.5 Å². The van der Waals surface area contributed by atoms with Crippen molar-refractivity contribution in [3.63, 3.8) is 0 Å². The summed E-state index contributed by atoms with van der Waals surface area (Å²) in [5.74, 6) is 1.19. The molecule has 0 fully saturated rings. The van der Waals surface area contributed by atoms with Crippen LogP contribution in [0.2, 0.25) is 0 Å². The van der Waals surface area contributed by atoms with Gasteiger partial charge in [-0.3, -0.25) is 0 Å². The number of hydrogen-bond donors (Lipinski definition) is 2. The van der Waals surface area contributed by atoms with Crippen molar-refractivity contribution in [1.82, 2.24) is 0 Å². The van der Waals surface area contributed by atoms with Crippen LogP contribution in [0.5, 0.6) is 11.5 Å². The minimum absolute atomic E-state index is 0.0633. The molecule has 2 N–H and O–H groups in total. The SMILES string of the molecule is C=CCc1ccc(OCC(O)COCCO)c(OC)c1. The molecule has 0 aliphatic rings. The highest BCUT2D eigenvalue weighted by Crippen LogP contribution is 2.28. The van der Waals surface area contributed by atoms with Gasteiger partial charge < -0.3 is 24.4 Å². The number of ether oxygens (including phenoxy) is 3. The second-order valence-electron chi connectivity index (χ2n) is 4.24. The standard InChI is InChI=1S/C15H22O5/c1-3-4-12-5-6-14(15(9-12)18-2)20-11-13(17)10-19-8-7-16/h3,5-6,9,13,16-17H,1,4,7-8,10-11H2,2H3. The first-order chi connectivity index (χ1) is 9.71. The first kappa shape index (κ1) is 16.5. The molecule has 0 amide bonds. The number of benzene rings is 1. The lowest BCUT2D eigenvalue weighted by Gasteiger charge is -2.15. The third-order valence-corrected chi connectivity index (χ3v) is 2.59. The van der Waals surface area contributed by atoms with Gasteiger partial charge in [0.1, 0.15) is 12.7 Å². The van der Waals surface area contributed by atoms with Gasteiger partial charge in [0.25, 0.3) is 0 Å². The maximum absolute atomic E-state index is 9.65. The first-order valence-electron chi connectivity index (χ1n) is 6.48. The van der Waals surface area contributed by atoms with Crippen LogP contribution in [0.3, 0.4) is 0 Å². The fourth-order valence-electron chi connectivity index (χ4n) is 1.64. The molecule has 0 spiro atoms. The number of methoxy groups -OCH3 is 1. The smallest absolute Gasteiger partial charge is 0.161 e. The van der Waals surface area contributed by atoms with Gasteiger partial charge in [-0.15, -0.1) is 6.58 Å². The van der Waals surface area contributed by atoms with Crippen LogP contribution in [0.25, 0.3) is 0 Å². The summed E-state index contributed by atoms with van der Waals surface area (Å²) < 4.78 is 15.8. The maximum atomic E-state index is 9.65. The highest BCUT2D eigenvalue weighted by atomic mass is 16.5. The molecule has 5 nitrogen and oxygen atoms in total. The third-order valence-electron chi connectivity index (χ3n) is 2.59. The Balaban J connectivity index is 2.52. The molecule has 1 atom stereocenters. The predicted molar refractivity (Wildman–Crippen MR) is 76.3 cm³/mol. The largest absolute Gasteiger partial charge is 0.493 e. The van der Waals surface area contributed by atoms with Gasteiger partial charge in [-0.1, -0.05) is 12.1 Å². The molecule has 0 heterocycles. The second-order valence-corrected chi connectivity index (χ2v) is 4.24. The van der Waals surface area contributed by atoms with Crippen LogP contribution < -0.4 is 9.47 Å². The van der Waals surface area contributed by atoms with Gasteiger partial charge in [0.15, 0.2) is 11.5 Å². The zero-order valence-corrected chi connectivity index (χ0v) is 11.7. The van der Waals surface area contributed by atoms with E-state index >= 15 is 0 Å². The van der Waals surface area contributed by atoms with E-state index in [0.29, 0.717) is 11.5 Å². The molecule has 0 aliphatic heterocycles. The summed E-state index contributed by atoms with van der Waals surface area (Å²) in [5.41, 5.74) is 1.08.